The van der Waals surface area contributed by atoms with Crippen LogP contribution < -0.4 is 14.8 Å². The summed E-state index contributed by atoms with van der Waals surface area (Å²) in [4.78, 5) is 8.80. The number of rotatable bonds is 6. The normalized spacial score (nSPS) is 10.2. The van der Waals surface area contributed by atoms with E-state index in [2.05, 4.69) is 31.4 Å². The number of hydrogen-bond donors (Lipinski definition) is 1. The lowest BCUT2D eigenvalue weighted by molar-refractivity contribution is 0.413. The van der Waals surface area contributed by atoms with Crippen LogP contribution in [0.15, 0.2) is 97.3 Å². The Kier molecular flexibility index (Phi) is 8.21. The summed E-state index contributed by atoms with van der Waals surface area (Å²) in [6.07, 6.45) is 8.83. The molecule has 7 heteroatoms. The second-order valence-corrected chi connectivity index (χ2v) is 8.47. The molecular weight excluding hydrogens is 498 g/mol. The van der Waals surface area contributed by atoms with Crippen LogP contribution in [-0.2, 0) is 0 Å². The zero-order chi connectivity index (χ0) is 25.9. The highest BCUT2D eigenvalue weighted by molar-refractivity contribution is 6.00. The smallest absolute Gasteiger partial charge is 0.161 e. The van der Waals surface area contributed by atoms with Crippen molar-refractivity contribution in [3.63, 3.8) is 0 Å². The average molecular weight is 530 g/mol. The highest BCUT2D eigenvalue weighted by Gasteiger charge is 2.12. The molecule has 0 saturated heterocycles. The SMILES string of the molecule is C.C.C#Cc1ccc(-c2nnc(Nc3ccc(Oc4ccnc5cc(OC)cnc45)cc3)c3ccccc23)cc1.[HH]. The lowest BCUT2D eigenvalue weighted by atomic mass is 10.0. The third-order valence-corrected chi connectivity index (χ3v) is 6.11. The third kappa shape index (κ3) is 5.38. The number of aromatic nitrogens is 4. The maximum atomic E-state index is 6.11. The highest BCUT2D eigenvalue weighted by atomic mass is 16.5. The van der Waals surface area contributed by atoms with E-state index >= 15 is 0 Å². The first-order valence-corrected chi connectivity index (χ1v) is 11.9. The van der Waals surface area contributed by atoms with Gasteiger partial charge in [-0.15, -0.1) is 16.6 Å². The minimum atomic E-state index is 0. The van der Waals surface area contributed by atoms with Crippen LogP contribution in [0.5, 0.6) is 17.2 Å². The van der Waals surface area contributed by atoms with Gasteiger partial charge in [-0.3, -0.25) is 4.98 Å². The zero-order valence-corrected chi connectivity index (χ0v) is 20.4. The van der Waals surface area contributed by atoms with Gasteiger partial charge in [0.05, 0.1) is 18.8 Å². The number of benzene rings is 3. The third-order valence-electron chi connectivity index (χ3n) is 6.11. The van der Waals surface area contributed by atoms with Crippen molar-refractivity contribution >= 4 is 33.3 Å². The first kappa shape index (κ1) is 27.6. The molecule has 0 bridgehead atoms. The number of fused-ring (bicyclic) bond motifs is 2. The van der Waals surface area contributed by atoms with E-state index < -0.39 is 0 Å². The first-order chi connectivity index (χ1) is 18.7. The number of methoxy groups -OCH3 is 1. The molecule has 1 N–H and O–H groups in total. The molecule has 40 heavy (non-hydrogen) atoms. The number of pyridine rings is 2. The molecule has 0 aliphatic rings. The van der Waals surface area contributed by atoms with Crippen LogP contribution in [0.2, 0.25) is 0 Å². The van der Waals surface area contributed by atoms with Gasteiger partial charge in [-0.25, -0.2) is 4.98 Å². The van der Waals surface area contributed by atoms with E-state index in [1.54, 1.807) is 25.6 Å². The maximum absolute atomic E-state index is 6.11. The molecule has 0 amide bonds. The van der Waals surface area contributed by atoms with Crippen LogP contribution in [0.1, 0.15) is 21.8 Å². The Morgan fingerprint density at radius 1 is 0.825 bits per heavy atom. The monoisotopic (exact) mass is 529 g/mol. The van der Waals surface area contributed by atoms with Crippen LogP contribution in [0.4, 0.5) is 11.5 Å². The van der Waals surface area contributed by atoms with Crippen molar-refractivity contribution in [1.82, 2.24) is 20.2 Å². The molecule has 200 valence electrons. The van der Waals surface area contributed by atoms with Gasteiger partial charge < -0.3 is 14.8 Å². The molecule has 3 aromatic heterocycles. The highest BCUT2D eigenvalue weighted by Crippen LogP contribution is 2.33. The van der Waals surface area contributed by atoms with E-state index in [1.165, 1.54) is 0 Å². The maximum Gasteiger partial charge on any atom is 0.161 e. The van der Waals surface area contributed by atoms with Crippen molar-refractivity contribution in [2.45, 2.75) is 14.9 Å². The average Bonchev–Trinajstić information content (AvgIpc) is 2.98. The van der Waals surface area contributed by atoms with Gasteiger partial charge in [0, 0.05) is 47.3 Å². The van der Waals surface area contributed by atoms with E-state index in [0.29, 0.717) is 34.1 Å². The van der Waals surface area contributed by atoms with Crippen molar-refractivity contribution < 1.29 is 10.9 Å². The fourth-order valence-corrected chi connectivity index (χ4v) is 4.18. The minimum absolute atomic E-state index is 0. The Morgan fingerprint density at radius 3 is 2.30 bits per heavy atom. The van der Waals surface area contributed by atoms with E-state index in [-0.39, 0.29) is 16.3 Å². The molecule has 0 unspecified atom stereocenters. The number of terminal acetylenes is 1. The van der Waals surface area contributed by atoms with E-state index in [4.69, 9.17) is 15.9 Å². The van der Waals surface area contributed by atoms with Crippen LogP contribution >= 0.6 is 0 Å². The molecule has 3 heterocycles. The standard InChI is InChI=1S/C31H21N5O2.2CH4.H2/c1-3-20-8-10-21(11-9-20)29-25-6-4-5-7-26(25)31(36-35-29)34-22-12-14-23(15-13-22)38-28-16-17-32-27-18-24(37-2)19-33-30(27)28;;;/h1,4-19H,2H3,(H,34,36);2*1H4;1H. The van der Waals surface area contributed by atoms with Crippen molar-refractivity contribution in [3.8, 4) is 40.8 Å². The largest absolute Gasteiger partial charge is 0.495 e. The number of nitrogens with one attached hydrogen (secondary N) is 1. The van der Waals surface area contributed by atoms with Gasteiger partial charge in [0.15, 0.2) is 11.6 Å². The summed E-state index contributed by atoms with van der Waals surface area (Å²) in [7, 11) is 1.60. The molecule has 3 aromatic carbocycles. The number of nitrogens with zero attached hydrogens (tertiary/aromatic N) is 4. The van der Waals surface area contributed by atoms with Crippen LogP contribution in [-0.4, -0.2) is 27.3 Å². The molecule has 0 radical (unpaired) electrons. The van der Waals surface area contributed by atoms with Gasteiger partial charge in [0.25, 0.3) is 0 Å². The number of ether oxygens (including phenoxy) is 2. The van der Waals surface area contributed by atoms with E-state index in [1.807, 2.05) is 78.9 Å². The predicted molar refractivity (Wildman–Crippen MR) is 164 cm³/mol. The molecule has 6 rings (SSSR count). The predicted octanol–water partition coefficient (Wildman–Crippen LogP) is 8.28. The molecular formula is C33H31N5O2. The topological polar surface area (TPSA) is 82.1 Å². The number of anilines is 2. The molecule has 0 spiro atoms. The lowest BCUT2D eigenvalue weighted by Crippen LogP contribution is -1.99. The quantitative estimate of drug-likeness (QED) is 0.217. The van der Waals surface area contributed by atoms with Gasteiger partial charge in [-0.05, 0) is 36.4 Å². The molecule has 0 aliphatic carbocycles. The van der Waals surface area contributed by atoms with Crippen LogP contribution in [0.3, 0.4) is 0 Å². The van der Waals surface area contributed by atoms with Gasteiger partial charge in [0.2, 0.25) is 0 Å². The summed E-state index contributed by atoms with van der Waals surface area (Å²) < 4.78 is 11.4. The van der Waals surface area contributed by atoms with Crippen molar-refractivity contribution in [2.24, 2.45) is 0 Å². The van der Waals surface area contributed by atoms with Crippen molar-refractivity contribution in [3.05, 3.63) is 103 Å². The Labute approximate surface area is 235 Å². The second-order valence-electron chi connectivity index (χ2n) is 8.47. The van der Waals surface area contributed by atoms with Gasteiger partial charge in [0.1, 0.15) is 22.7 Å². The summed E-state index contributed by atoms with van der Waals surface area (Å²) in [5.41, 5.74) is 4.79. The number of hydrogen-bond acceptors (Lipinski definition) is 7. The van der Waals surface area contributed by atoms with E-state index in [0.717, 1.165) is 33.3 Å². The van der Waals surface area contributed by atoms with Crippen molar-refractivity contribution in [1.29, 1.82) is 0 Å². The summed E-state index contributed by atoms with van der Waals surface area (Å²) in [5.74, 6) is 5.23. The second kappa shape index (κ2) is 11.9. The molecule has 6 aromatic rings. The fraction of sp³-hybridized carbons (Fsp3) is 0.0909. The Morgan fingerprint density at radius 2 is 1.57 bits per heavy atom. The summed E-state index contributed by atoms with van der Waals surface area (Å²) >= 11 is 0. The minimum Gasteiger partial charge on any atom is -0.495 e. The van der Waals surface area contributed by atoms with Crippen LogP contribution in [0.25, 0.3) is 33.1 Å². The Bertz CT molecular complexity index is 1820. The molecule has 7 nitrogen and oxygen atoms in total. The molecule has 0 fully saturated rings. The molecule has 0 atom stereocenters. The first-order valence-electron chi connectivity index (χ1n) is 11.9. The Balaban J connectivity index is 0.00000154. The Hall–Kier alpha value is -5.48. The lowest BCUT2D eigenvalue weighted by Gasteiger charge is -2.12. The van der Waals surface area contributed by atoms with E-state index in [9.17, 15) is 0 Å². The van der Waals surface area contributed by atoms with Gasteiger partial charge >= 0.3 is 0 Å². The fourth-order valence-electron chi connectivity index (χ4n) is 4.18. The zero-order valence-electron chi connectivity index (χ0n) is 20.4. The van der Waals surface area contributed by atoms with Crippen molar-refractivity contribution in [2.75, 3.05) is 12.4 Å². The van der Waals surface area contributed by atoms with Crippen LogP contribution in [0, 0.1) is 12.3 Å². The molecule has 0 saturated carbocycles. The van der Waals surface area contributed by atoms with Gasteiger partial charge in [-0.2, -0.15) is 0 Å². The summed E-state index contributed by atoms with van der Waals surface area (Å²) in [5, 5.41) is 14.4. The molecule has 0 aliphatic heterocycles. The van der Waals surface area contributed by atoms with Gasteiger partial charge in [-0.1, -0.05) is 57.2 Å². The summed E-state index contributed by atoms with van der Waals surface area (Å²) in [6.45, 7) is 0. The summed E-state index contributed by atoms with van der Waals surface area (Å²) in [6, 6.07) is 27.0.